The quantitative estimate of drug-likeness (QED) is 0.844. The van der Waals surface area contributed by atoms with Gasteiger partial charge < -0.3 is 5.73 Å². The second-order valence-electron chi connectivity index (χ2n) is 3.48. The third-order valence-corrected chi connectivity index (χ3v) is 2.61. The summed E-state index contributed by atoms with van der Waals surface area (Å²) in [5.41, 5.74) is 5.93. The average Bonchev–Trinajstić information content (AvgIpc) is 2.65. The van der Waals surface area contributed by atoms with Gasteiger partial charge in [0, 0.05) is 18.8 Å². The van der Waals surface area contributed by atoms with Crippen LogP contribution in [0.3, 0.4) is 0 Å². The van der Waals surface area contributed by atoms with Crippen molar-refractivity contribution in [3.8, 4) is 0 Å². The van der Waals surface area contributed by atoms with Gasteiger partial charge in [0.1, 0.15) is 0 Å². The molecular formula is C8H16Cl2N4. The Morgan fingerprint density at radius 3 is 2.64 bits per heavy atom. The predicted molar refractivity (Wildman–Crippen MR) is 59.8 cm³/mol. The second-order valence-corrected chi connectivity index (χ2v) is 3.48. The second kappa shape index (κ2) is 6.22. The van der Waals surface area contributed by atoms with Crippen molar-refractivity contribution in [2.24, 2.45) is 11.7 Å². The number of hydrogen-bond acceptors (Lipinski definition) is 3. The van der Waals surface area contributed by atoms with E-state index >= 15 is 0 Å². The molecule has 0 amide bonds. The third kappa shape index (κ3) is 3.12. The SMILES string of the molecule is Cl.Cl.NC1CCCC1Cn1ccnn1. The maximum absolute atomic E-state index is 5.93. The van der Waals surface area contributed by atoms with E-state index in [2.05, 4.69) is 10.3 Å². The molecule has 4 nitrogen and oxygen atoms in total. The summed E-state index contributed by atoms with van der Waals surface area (Å²) in [4.78, 5) is 0. The fourth-order valence-electron chi connectivity index (χ4n) is 1.86. The molecule has 0 aromatic carbocycles. The van der Waals surface area contributed by atoms with Gasteiger partial charge in [-0.05, 0) is 18.8 Å². The van der Waals surface area contributed by atoms with Crippen LogP contribution in [0.1, 0.15) is 19.3 Å². The number of rotatable bonds is 2. The van der Waals surface area contributed by atoms with Crippen LogP contribution >= 0.6 is 24.8 Å². The van der Waals surface area contributed by atoms with Crippen molar-refractivity contribution in [1.82, 2.24) is 15.0 Å². The first-order valence-corrected chi connectivity index (χ1v) is 4.46. The Morgan fingerprint density at radius 1 is 1.36 bits per heavy atom. The fraction of sp³-hybridized carbons (Fsp3) is 0.750. The highest BCUT2D eigenvalue weighted by Gasteiger charge is 2.24. The van der Waals surface area contributed by atoms with E-state index < -0.39 is 0 Å². The maximum atomic E-state index is 5.93. The molecule has 2 atom stereocenters. The van der Waals surface area contributed by atoms with E-state index in [0.717, 1.165) is 6.54 Å². The van der Waals surface area contributed by atoms with Crippen molar-refractivity contribution in [2.45, 2.75) is 31.8 Å². The lowest BCUT2D eigenvalue weighted by Gasteiger charge is -2.13. The molecule has 2 N–H and O–H groups in total. The zero-order chi connectivity index (χ0) is 8.39. The molecule has 82 valence electrons. The minimum Gasteiger partial charge on any atom is -0.327 e. The van der Waals surface area contributed by atoms with Crippen LogP contribution in [-0.4, -0.2) is 21.0 Å². The molecule has 1 fully saturated rings. The number of aromatic nitrogens is 3. The van der Waals surface area contributed by atoms with Gasteiger partial charge in [0.15, 0.2) is 0 Å². The highest BCUT2D eigenvalue weighted by Crippen LogP contribution is 2.24. The number of hydrogen-bond donors (Lipinski definition) is 1. The van der Waals surface area contributed by atoms with Crippen LogP contribution in [-0.2, 0) is 6.54 Å². The normalized spacial score (nSPS) is 25.2. The van der Waals surface area contributed by atoms with Gasteiger partial charge in [0.25, 0.3) is 0 Å². The number of nitrogens with zero attached hydrogens (tertiary/aromatic N) is 3. The van der Waals surface area contributed by atoms with Gasteiger partial charge in [-0.2, -0.15) is 0 Å². The van der Waals surface area contributed by atoms with Gasteiger partial charge in [-0.3, -0.25) is 4.68 Å². The van der Waals surface area contributed by atoms with Crippen molar-refractivity contribution < 1.29 is 0 Å². The minimum atomic E-state index is 0. The van der Waals surface area contributed by atoms with Crippen LogP contribution in [0.15, 0.2) is 12.4 Å². The van der Waals surface area contributed by atoms with E-state index in [9.17, 15) is 0 Å². The Balaban J connectivity index is 0.000000845. The topological polar surface area (TPSA) is 56.7 Å². The van der Waals surface area contributed by atoms with Gasteiger partial charge >= 0.3 is 0 Å². The zero-order valence-electron chi connectivity index (χ0n) is 7.87. The van der Waals surface area contributed by atoms with Crippen LogP contribution in [0.25, 0.3) is 0 Å². The van der Waals surface area contributed by atoms with Crippen LogP contribution < -0.4 is 5.73 Å². The highest BCUT2D eigenvalue weighted by atomic mass is 35.5. The molecule has 0 bridgehead atoms. The molecule has 1 aromatic rings. The van der Waals surface area contributed by atoms with E-state index in [1.807, 2.05) is 10.9 Å². The Bertz CT molecular complexity index is 239. The van der Waals surface area contributed by atoms with Gasteiger partial charge in [0.05, 0.1) is 6.20 Å². The first-order chi connectivity index (χ1) is 5.86. The first kappa shape index (κ1) is 13.7. The molecule has 2 rings (SSSR count). The highest BCUT2D eigenvalue weighted by molar-refractivity contribution is 5.85. The summed E-state index contributed by atoms with van der Waals surface area (Å²) >= 11 is 0. The molecule has 1 heterocycles. The van der Waals surface area contributed by atoms with Crippen LogP contribution in [0.4, 0.5) is 0 Å². The first-order valence-electron chi connectivity index (χ1n) is 4.46. The summed E-state index contributed by atoms with van der Waals surface area (Å²) in [5.74, 6) is 0.603. The molecule has 1 saturated carbocycles. The summed E-state index contributed by atoms with van der Waals surface area (Å²) in [6.45, 7) is 0.932. The Morgan fingerprint density at radius 2 is 2.14 bits per heavy atom. The van der Waals surface area contributed by atoms with E-state index in [4.69, 9.17) is 5.73 Å². The van der Waals surface area contributed by atoms with Gasteiger partial charge in [-0.25, -0.2) is 0 Å². The smallest absolute Gasteiger partial charge is 0.0692 e. The van der Waals surface area contributed by atoms with Crippen molar-refractivity contribution in [3.63, 3.8) is 0 Å². The summed E-state index contributed by atoms with van der Waals surface area (Å²) in [6.07, 6.45) is 7.27. The monoisotopic (exact) mass is 238 g/mol. The van der Waals surface area contributed by atoms with E-state index in [1.54, 1.807) is 6.20 Å². The zero-order valence-corrected chi connectivity index (χ0v) is 9.51. The van der Waals surface area contributed by atoms with Crippen LogP contribution in [0, 0.1) is 5.92 Å². The van der Waals surface area contributed by atoms with Crippen molar-refractivity contribution in [1.29, 1.82) is 0 Å². The van der Waals surface area contributed by atoms with Crippen molar-refractivity contribution in [2.75, 3.05) is 0 Å². The lowest BCUT2D eigenvalue weighted by molar-refractivity contribution is 0.385. The molecule has 1 aliphatic carbocycles. The fourth-order valence-corrected chi connectivity index (χ4v) is 1.86. The summed E-state index contributed by atoms with van der Waals surface area (Å²) < 4.78 is 1.87. The van der Waals surface area contributed by atoms with Gasteiger partial charge in [-0.1, -0.05) is 11.6 Å². The molecule has 0 saturated heterocycles. The predicted octanol–water partition coefficient (Wildman–Crippen LogP) is 1.25. The van der Waals surface area contributed by atoms with Gasteiger partial charge in [-0.15, -0.1) is 29.9 Å². The summed E-state index contributed by atoms with van der Waals surface area (Å²) in [7, 11) is 0. The lowest BCUT2D eigenvalue weighted by atomic mass is 10.1. The molecule has 0 radical (unpaired) electrons. The van der Waals surface area contributed by atoms with E-state index in [1.165, 1.54) is 19.3 Å². The Labute approximate surface area is 96.1 Å². The molecular weight excluding hydrogens is 223 g/mol. The molecule has 0 aliphatic heterocycles. The Kier molecular flexibility index (Phi) is 6.08. The molecule has 6 heteroatoms. The lowest BCUT2D eigenvalue weighted by Crippen LogP contribution is -2.27. The minimum absolute atomic E-state index is 0. The third-order valence-electron chi connectivity index (χ3n) is 2.61. The van der Waals surface area contributed by atoms with E-state index in [0.29, 0.717) is 12.0 Å². The van der Waals surface area contributed by atoms with Crippen LogP contribution in [0.5, 0.6) is 0 Å². The number of nitrogens with two attached hydrogens (primary N) is 1. The molecule has 14 heavy (non-hydrogen) atoms. The standard InChI is InChI=1S/C8H14N4.2ClH/c9-8-3-1-2-7(8)6-12-5-4-10-11-12;;/h4-5,7-8H,1-3,6,9H2;2*1H. The molecule has 1 aliphatic rings. The maximum Gasteiger partial charge on any atom is 0.0692 e. The Hall–Kier alpha value is -0.320. The number of halogens is 2. The summed E-state index contributed by atoms with van der Waals surface area (Å²) in [5, 5.41) is 7.69. The van der Waals surface area contributed by atoms with Crippen molar-refractivity contribution >= 4 is 24.8 Å². The summed E-state index contributed by atoms with van der Waals surface area (Å²) in [6, 6.07) is 0.370. The molecule has 0 spiro atoms. The average molecular weight is 239 g/mol. The molecule has 2 unspecified atom stereocenters. The van der Waals surface area contributed by atoms with Crippen molar-refractivity contribution in [3.05, 3.63) is 12.4 Å². The molecule has 1 aromatic heterocycles. The van der Waals surface area contributed by atoms with Crippen LogP contribution in [0.2, 0.25) is 0 Å². The largest absolute Gasteiger partial charge is 0.327 e. The van der Waals surface area contributed by atoms with Gasteiger partial charge in [0.2, 0.25) is 0 Å². The van der Waals surface area contributed by atoms with E-state index in [-0.39, 0.29) is 24.8 Å².